The minimum Gasteiger partial charge on any atom is -0.337 e. The van der Waals surface area contributed by atoms with E-state index in [0.29, 0.717) is 13.1 Å². The summed E-state index contributed by atoms with van der Waals surface area (Å²) in [4.78, 5) is 11.2. The Hall–Kier alpha value is -1.94. The number of rotatable bonds is 4. The minimum atomic E-state index is -0.408. The van der Waals surface area contributed by atoms with Crippen LogP contribution in [0.1, 0.15) is 10.5 Å². The molecule has 0 aliphatic rings. The van der Waals surface area contributed by atoms with Crippen molar-refractivity contribution < 1.29 is 4.79 Å². The second-order valence-corrected chi connectivity index (χ2v) is 2.50. The average molecular weight is 194 g/mol. The Labute approximate surface area is 80.5 Å². The Kier molecular flexibility index (Phi) is 3.58. The SMILES string of the molecule is N#CCNC(=O)c1cn(CCN)nn1. The van der Waals surface area contributed by atoms with Crippen molar-refractivity contribution in [1.82, 2.24) is 20.3 Å². The van der Waals surface area contributed by atoms with Crippen molar-refractivity contribution in [3.8, 4) is 6.07 Å². The quantitative estimate of drug-likeness (QED) is 0.566. The lowest BCUT2D eigenvalue weighted by molar-refractivity contribution is 0.0953. The van der Waals surface area contributed by atoms with Crippen molar-refractivity contribution in [2.24, 2.45) is 5.73 Å². The van der Waals surface area contributed by atoms with Gasteiger partial charge in [-0.3, -0.25) is 9.48 Å². The summed E-state index contributed by atoms with van der Waals surface area (Å²) in [5.74, 6) is -0.408. The zero-order chi connectivity index (χ0) is 10.4. The van der Waals surface area contributed by atoms with Gasteiger partial charge in [-0.2, -0.15) is 5.26 Å². The molecule has 1 aromatic heterocycles. The van der Waals surface area contributed by atoms with Gasteiger partial charge in [0.1, 0.15) is 6.54 Å². The summed E-state index contributed by atoms with van der Waals surface area (Å²) in [6.07, 6.45) is 1.49. The molecule has 0 saturated heterocycles. The van der Waals surface area contributed by atoms with Gasteiger partial charge in [-0.05, 0) is 0 Å². The normalized spacial score (nSPS) is 9.43. The molecule has 3 N–H and O–H groups in total. The van der Waals surface area contributed by atoms with E-state index in [4.69, 9.17) is 11.0 Å². The number of carbonyl (C=O) groups is 1. The molecule has 1 amide bonds. The standard InChI is InChI=1S/C7H10N6O/c8-1-3-10-7(14)6-5-13(4-2-9)12-11-6/h5H,2-4,9H2,(H,10,14). The van der Waals surface area contributed by atoms with Crippen molar-refractivity contribution in [3.05, 3.63) is 11.9 Å². The number of nitrogens with one attached hydrogen (secondary N) is 1. The van der Waals surface area contributed by atoms with Gasteiger partial charge >= 0.3 is 0 Å². The topological polar surface area (TPSA) is 110 Å². The molecule has 1 rings (SSSR count). The predicted molar refractivity (Wildman–Crippen MR) is 47.0 cm³/mol. The van der Waals surface area contributed by atoms with Gasteiger partial charge in [-0.1, -0.05) is 5.21 Å². The van der Waals surface area contributed by atoms with Crippen LogP contribution in [0.2, 0.25) is 0 Å². The molecule has 1 aromatic rings. The van der Waals surface area contributed by atoms with Crippen LogP contribution in [0.25, 0.3) is 0 Å². The molecule has 0 radical (unpaired) electrons. The van der Waals surface area contributed by atoms with Crippen LogP contribution in [0.15, 0.2) is 6.20 Å². The van der Waals surface area contributed by atoms with E-state index in [-0.39, 0.29) is 12.2 Å². The highest BCUT2D eigenvalue weighted by atomic mass is 16.1. The third-order valence-corrected chi connectivity index (χ3v) is 1.46. The average Bonchev–Trinajstić information content (AvgIpc) is 2.63. The van der Waals surface area contributed by atoms with Crippen molar-refractivity contribution in [2.45, 2.75) is 6.54 Å². The van der Waals surface area contributed by atoms with E-state index in [2.05, 4.69) is 15.6 Å². The highest BCUT2D eigenvalue weighted by Crippen LogP contribution is 1.91. The minimum absolute atomic E-state index is 0.0391. The van der Waals surface area contributed by atoms with Gasteiger partial charge in [0.15, 0.2) is 5.69 Å². The second-order valence-electron chi connectivity index (χ2n) is 2.50. The Morgan fingerprint density at radius 2 is 2.57 bits per heavy atom. The van der Waals surface area contributed by atoms with Crippen LogP contribution in [0, 0.1) is 11.3 Å². The van der Waals surface area contributed by atoms with Crippen LogP contribution in [-0.4, -0.2) is 34.0 Å². The third kappa shape index (κ3) is 2.53. The fourth-order valence-electron chi connectivity index (χ4n) is 0.854. The first-order valence-corrected chi connectivity index (χ1v) is 4.03. The first-order chi connectivity index (χ1) is 6.77. The monoisotopic (exact) mass is 194 g/mol. The number of amides is 1. The summed E-state index contributed by atoms with van der Waals surface area (Å²) in [5, 5.41) is 17.9. The van der Waals surface area contributed by atoms with Gasteiger partial charge in [0.25, 0.3) is 5.91 Å². The van der Waals surface area contributed by atoms with Crippen molar-refractivity contribution in [1.29, 1.82) is 5.26 Å². The fourth-order valence-corrected chi connectivity index (χ4v) is 0.854. The maximum Gasteiger partial charge on any atom is 0.274 e. The first kappa shape index (κ1) is 10.1. The molecule has 0 spiro atoms. The van der Waals surface area contributed by atoms with Crippen LogP contribution in [-0.2, 0) is 6.54 Å². The van der Waals surface area contributed by atoms with Crippen LogP contribution in [0.4, 0.5) is 0 Å². The maximum atomic E-state index is 11.2. The molecule has 1 heterocycles. The molecule has 0 fully saturated rings. The van der Waals surface area contributed by atoms with Crippen LogP contribution in [0.5, 0.6) is 0 Å². The Morgan fingerprint density at radius 3 is 3.21 bits per heavy atom. The number of nitrogens with zero attached hydrogens (tertiary/aromatic N) is 4. The summed E-state index contributed by atoms with van der Waals surface area (Å²) in [6.45, 7) is 0.906. The molecule has 0 aliphatic carbocycles. The molecule has 0 saturated carbocycles. The van der Waals surface area contributed by atoms with Crippen LogP contribution >= 0.6 is 0 Å². The molecule has 14 heavy (non-hydrogen) atoms. The van der Waals surface area contributed by atoms with Gasteiger partial charge in [0.2, 0.25) is 0 Å². The number of carbonyl (C=O) groups excluding carboxylic acids is 1. The van der Waals surface area contributed by atoms with Gasteiger partial charge in [-0.25, -0.2) is 0 Å². The highest BCUT2D eigenvalue weighted by Gasteiger charge is 2.08. The summed E-state index contributed by atoms with van der Waals surface area (Å²) < 4.78 is 1.47. The summed E-state index contributed by atoms with van der Waals surface area (Å²) in [7, 11) is 0. The van der Waals surface area contributed by atoms with Crippen molar-refractivity contribution >= 4 is 5.91 Å². The number of nitriles is 1. The molecule has 0 unspecified atom stereocenters. The largest absolute Gasteiger partial charge is 0.337 e. The fraction of sp³-hybridized carbons (Fsp3) is 0.429. The van der Waals surface area contributed by atoms with Gasteiger partial charge < -0.3 is 11.1 Å². The molecule has 0 bridgehead atoms. The van der Waals surface area contributed by atoms with E-state index < -0.39 is 5.91 Å². The molecular weight excluding hydrogens is 184 g/mol. The van der Waals surface area contributed by atoms with Gasteiger partial charge in [0, 0.05) is 6.54 Å². The molecule has 7 heteroatoms. The third-order valence-electron chi connectivity index (χ3n) is 1.46. The summed E-state index contributed by atoms with van der Waals surface area (Å²) in [6, 6.07) is 1.79. The van der Waals surface area contributed by atoms with E-state index >= 15 is 0 Å². The maximum absolute atomic E-state index is 11.2. The first-order valence-electron chi connectivity index (χ1n) is 4.03. The number of nitrogens with two attached hydrogens (primary N) is 1. The zero-order valence-electron chi connectivity index (χ0n) is 7.47. The zero-order valence-corrected chi connectivity index (χ0v) is 7.47. The summed E-state index contributed by atoms with van der Waals surface area (Å²) in [5.41, 5.74) is 5.48. The lowest BCUT2D eigenvalue weighted by atomic mass is 10.4. The Balaban J connectivity index is 2.58. The lowest BCUT2D eigenvalue weighted by Gasteiger charge is -1.94. The second kappa shape index (κ2) is 4.94. The lowest BCUT2D eigenvalue weighted by Crippen LogP contribution is -2.23. The van der Waals surface area contributed by atoms with E-state index in [1.165, 1.54) is 10.9 Å². The van der Waals surface area contributed by atoms with Gasteiger partial charge in [0.05, 0.1) is 18.8 Å². The summed E-state index contributed by atoms with van der Waals surface area (Å²) >= 11 is 0. The molecule has 7 nitrogen and oxygen atoms in total. The molecule has 74 valence electrons. The Morgan fingerprint density at radius 1 is 1.79 bits per heavy atom. The number of hydrogen-bond acceptors (Lipinski definition) is 5. The smallest absolute Gasteiger partial charge is 0.274 e. The Bertz CT molecular complexity index is 351. The number of hydrogen-bond donors (Lipinski definition) is 2. The van der Waals surface area contributed by atoms with E-state index in [1.54, 1.807) is 6.07 Å². The molecule has 0 aliphatic heterocycles. The van der Waals surface area contributed by atoms with Crippen LogP contribution < -0.4 is 11.1 Å². The molecular formula is C7H10N6O. The molecule has 0 atom stereocenters. The number of aromatic nitrogens is 3. The van der Waals surface area contributed by atoms with Gasteiger partial charge in [-0.15, -0.1) is 5.10 Å². The highest BCUT2D eigenvalue weighted by molar-refractivity contribution is 5.91. The van der Waals surface area contributed by atoms with E-state index in [9.17, 15) is 4.79 Å². The molecule has 0 aromatic carbocycles. The van der Waals surface area contributed by atoms with Crippen molar-refractivity contribution in [3.63, 3.8) is 0 Å². The van der Waals surface area contributed by atoms with E-state index in [1.807, 2.05) is 0 Å². The predicted octanol–water partition coefficient (Wildman–Crippen LogP) is -1.51. The van der Waals surface area contributed by atoms with E-state index in [0.717, 1.165) is 0 Å². The van der Waals surface area contributed by atoms with Crippen LogP contribution in [0.3, 0.4) is 0 Å². The van der Waals surface area contributed by atoms with Crippen molar-refractivity contribution in [2.75, 3.05) is 13.1 Å².